The molecule has 0 rings (SSSR count). The molecule has 0 amide bonds. The van der Waals surface area contributed by atoms with E-state index in [-0.39, 0.29) is 0 Å². The molecule has 1 nitrogen and oxygen atoms in total. The molecular formula is C31H63NP2. The molecule has 0 bridgehead atoms. The lowest BCUT2D eigenvalue weighted by Crippen LogP contribution is -2.23. The van der Waals surface area contributed by atoms with Crippen molar-refractivity contribution in [2.75, 3.05) is 13.1 Å². The van der Waals surface area contributed by atoms with Crippen molar-refractivity contribution < 1.29 is 0 Å². The average Bonchev–Trinajstić information content (AvgIpc) is 2.75. The van der Waals surface area contributed by atoms with Gasteiger partial charge in [-0.1, -0.05) is 85.1 Å². The van der Waals surface area contributed by atoms with Gasteiger partial charge in [0.05, 0.1) is 0 Å². The fourth-order valence-corrected chi connectivity index (χ4v) is 4.85. The van der Waals surface area contributed by atoms with Crippen molar-refractivity contribution in [1.29, 1.82) is 0 Å². The monoisotopic (exact) mass is 511 g/mol. The summed E-state index contributed by atoms with van der Waals surface area (Å²) in [5.74, 6) is 0. The Morgan fingerprint density at radius 2 is 1.12 bits per heavy atom. The van der Waals surface area contributed by atoms with Gasteiger partial charge in [0.2, 0.25) is 0 Å². The molecule has 0 aromatic heterocycles. The van der Waals surface area contributed by atoms with Crippen molar-refractivity contribution in [2.24, 2.45) is 10.8 Å². The van der Waals surface area contributed by atoms with Crippen molar-refractivity contribution in [2.45, 2.75) is 150 Å². The zero-order chi connectivity index (χ0) is 26.5. The second-order valence-electron chi connectivity index (χ2n) is 13.2. The maximum Gasteiger partial charge on any atom is -0.00487 e. The molecule has 0 saturated heterocycles. The molecule has 0 aromatic carbocycles. The maximum atomic E-state index is 3.73. The second kappa shape index (κ2) is 16.2. The standard InChI is InChI=1S/C31H63NP2/c1-11-29(8,25-27(5)17-21-31(10,34)13-3)19-15-23-32-22-14-18-28(6,7)24-26(4)16-20-30(9,33)12-2/h16-17,32H,11-15,18-25,33-34H2,1-10H3/b26-16+,27-17+. The maximum absolute atomic E-state index is 3.73. The third kappa shape index (κ3) is 16.9. The number of hydrogen-bond donors (Lipinski definition) is 1. The first-order valence-corrected chi connectivity index (χ1v) is 15.3. The zero-order valence-corrected chi connectivity index (χ0v) is 27.3. The number of hydrogen-bond acceptors (Lipinski definition) is 1. The molecule has 5 atom stereocenters. The van der Waals surface area contributed by atoms with Crippen LogP contribution in [0.4, 0.5) is 0 Å². The summed E-state index contributed by atoms with van der Waals surface area (Å²) in [5.41, 5.74) is 3.95. The van der Waals surface area contributed by atoms with Gasteiger partial charge < -0.3 is 5.32 Å². The van der Waals surface area contributed by atoms with Gasteiger partial charge in [-0.05, 0) is 112 Å². The van der Waals surface area contributed by atoms with E-state index in [4.69, 9.17) is 0 Å². The van der Waals surface area contributed by atoms with E-state index in [0.29, 0.717) is 21.1 Å². The van der Waals surface area contributed by atoms with E-state index in [2.05, 4.69) is 105 Å². The number of rotatable bonds is 19. The number of allylic oxidation sites excluding steroid dienone is 4. The lowest BCUT2D eigenvalue weighted by Gasteiger charge is -2.30. The van der Waals surface area contributed by atoms with Gasteiger partial charge in [-0.3, -0.25) is 0 Å². The predicted molar refractivity (Wildman–Crippen MR) is 166 cm³/mol. The predicted octanol–water partition coefficient (Wildman–Crippen LogP) is 10.1. The first-order chi connectivity index (χ1) is 15.6. The number of nitrogens with one attached hydrogen (secondary N) is 1. The first-order valence-electron chi connectivity index (χ1n) is 14.2. The highest BCUT2D eigenvalue weighted by Crippen LogP contribution is 2.36. The Hall–Kier alpha value is 0.300. The minimum Gasteiger partial charge on any atom is -0.317 e. The normalized spacial score (nSPS) is 18.9. The smallest absolute Gasteiger partial charge is 0.00487 e. The Balaban J connectivity index is 4.28. The van der Waals surface area contributed by atoms with Crippen LogP contribution in [0.5, 0.6) is 0 Å². The van der Waals surface area contributed by atoms with Crippen molar-refractivity contribution in [3.8, 4) is 0 Å². The summed E-state index contributed by atoms with van der Waals surface area (Å²) in [6, 6.07) is 0. The SMILES string of the molecule is CCC(C)(P)C/C=C(\C)CC(C)(C)CCCNCCCC(C)(CC)C/C(C)=C/CC(C)(P)CC. The van der Waals surface area contributed by atoms with Crippen LogP contribution in [-0.2, 0) is 0 Å². The van der Waals surface area contributed by atoms with Gasteiger partial charge in [-0.15, -0.1) is 18.5 Å². The summed E-state index contributed by atoms with van der Waals surface area (Å²) in [4.78, 5) is 0. The van der Waals surface area contributed by atoms with Gasteiger partial charge >= 0.3 is 0 Å². The average molecular weight is 512 g/mol. The summed E-state index contributed by atoms with van der Waals surface area (Å²) in [7, 11) is 6.07. The fourth-order valence-electron chi connectivity index (χ4n) is 4.61. The summed E-state index contributed by atoms with van der Waals surface area (Å²) >= 11 is 0. The molecule has 0 aliphatic rings. The van der Waals surface area contributed by atoms with Gasteiger partial charge in [0, 0.05) is 0 Å². The summed E-state index contributed by atoms with van der Waals surface area (Å²) in [6.45, 7) is 25.9. The molecule has 0 radical (unpaired) electrons. The van der Waals surface area contributed by atoms with Crippen molar-refractivity contribution >= 4 is 18.5 Å². The molecule has 34 heavy (non-hydrogen) atoms. The highest BCUT2D eigenvalue weighted by molar-refractivity contribution is 7.19. The Bertz CT molecular complexity index is 615. The second-order valence-corrected chi connectivity index (χ2v) is 16.0. The van der Waals surface area contributed by atoms with Crippen LogP contribution in [-0.4, -0.2) is 23.4 Å². The van der Waals surface area contributed by atoms with Crippen LogP contribution in [0.25, 0.3) is 0 Å². The van der Waals surface area contributed by atoms with Gasteiger partial charge in [0.1, 0.15) is 0 Å². The van der Waals surface area contributed by atoms with E-state index in [0.717, 1.165) is 13.1 Å². The Kier molecular flexibility index (Phi) is 16.3. The van der Waals surface area contributed by atoms with E-state index >= 15 is 0 Å². The van der Waals surface area contributed by atoms with Crippen LogP contribution in [0.1, 0.15) is 140 Å². The molecular weight excluding hydrogens is 448 g/mol. The van der Waals surface area contributed by atoms with E-state index in [1.807, 2.05) is 0 Å². The first kappa shape index (κ1) is 34.3. The van der Waals surface area contributed by atoms with Crippen molar-refractivity contribution in [1.82, 2.24) is 5.32 Å². The van der Waals surface area contributed by atoms with Gasteiger partial charge in [-0.2, -0.15) is 0 Å². The highest BCUT2D eigenvalue weighted by Gasteiger charge is 2.23. The molecule has 5 unspecified atom stereocenters. The molecule has 0 aliphatic heterocycles. The van der Waals surface area contributed by atoms with Crippen LogP contribution in [0.15, 0.2) is 23.3 Å². The third-order valence-corrected chi connectivity index (χ3v) is 9.39. The topological polar surface area (TPSA) is 12.0 Å². The minimum absolute atomic E-state index is 0.350. The molecule has 0 spiro atoms. The van der Waals surface area contributed by atoms with Gasteiger partial charge in [0.15, 0.2) is 0 Å². The largest absolute Gasteiger partial charge is 0.317 e. The lowest BCUT2D eigenvalue weighted by atomic mass is 9.77. The molecule has 0 saturated carbocycles. The van der Waals surface area contributed by atoms with E-state index < -0.39 is 0 Å². The van der Waals surface area contributed by atoms with Crippen LogP contribution in [0.3, 0.4) is 0 Å². The zero-order valence-electron chi connectivity index (χ0n) is 25.0. The minimum atomic E-state index is 0.350. The van der Waals surface area contributed by atoms with Crippen molar-refractivity contribution in [3.63, 3.8) is 0 Å². The summed E-state index contributed by atoms with van der Waals surface area (Å²) in [5, 5.41) is 4.43. The Morgan fingerprint density at radius 3 is 1.56 bits per heavy atom. The molecule has 3 heteroatoms. The fraction of sp³-hybridized carbons (Fsp3) is 0.871. The molecule has 1 N–H and O–H groups in total. The van der Waals surface area contributed by atoms with Crippen molar-refractivity contribution in [3.05, 3.63) is 23.3 Å². The summed E-state index contributed by atoms with van der Waals surface area (Å²) < 4.78 is 0. The van der Waals surface area contributed by atoms with Crippen LogP contribution < -0.4 is 5.32 Å². The highest BCUT2D eigenvalue weighted by atomic mass is 31.0. The summed E-state index contributed by atoms with van der Waals surface area (Å²) in [6.07, 6.45) is 18.6. The molecule has 0 fully saturated rings. The van der Waals surface area contributed by atoms with E-state index in [9.17, 15) is 0 Å². The van der Waals surface area contributed by atoms with Crippen LogP contribution in [0.2, 0.25) is 0 Å². The van der Waals surface area contributed by atoms with Gasteiger partial charge in [-0.25, -0.2) is 0 Å². The van der Waals surface area contributed by atoms with Gasteiger partial charge in [0.25, 0.3) is 0 Å². The molecule has 0 heterocycles. The third-order valence-electron chi connectivity index (χ3n) is 8.11. The molecule has 0 aliphatic carbocycles. The van der Waals surface area contributed by atoms with Crippen LogP contribution in [0, 0.1) is 10.8 Å². The lowest BCUT2D eigenvalue weighted by molar-refractivity contribution is 0.271. The molecule has 202 valence electrons. The Morgan fingerprint density at radius 1 is 0.676 bits per heavy atom. The quantitative estimate of drug-likeness (QED) is 0.103. The van der Waals surface area contributed by atoms with E-state index in [1.165, 1.54) is 70.6 Å². The van der Waals surface area contributed by atoms with Crippen LogP contribution >= 0.6 is 18.5 Å². The molecule has 0 aromatic rings. The Labute approximate surface area is 221 Å². The van der Waals surface area contributed by atoms with E-state index in [1.54, 1.807) is 11.1 Å².